The largest absolute Gasteiger partial charge is 0.360 e. The molecule has 0 bridgehead atoms. The van der Waals surface area contributed by atoms with Crippen LogP contribution in [0.4, 0.5) is 0 Å². The molecule has 1 heterocycles. The minimum absolute atomic E-state index is 0.438. The number of nitrogens with zero attached hydrogens (tertiary/aromatic N) is 1. The second-order valence-corrected chi connectivity index (χ2v) is 5.80. The van der Waals surface area contributed by atoms with E-state index in [1.165, 1.54) is 25.7 Å². The van der Waals surface area contributed by atoms with Crippen molar-refractivity contribution in [3.8, 4) is 0 Å². The Morgan fingerprint density at radius 1 is 1.43 bits per heavy atom. The molecule has 1 aliphatic heterocycles. The highest BCUT2D eigenvalue weighted by Gasteiger charge is 2.29. The summed E-state index contributed by atoms with van der Waals surface area (Å²) in [5.41, 5.74) is 0.438. The summed E-state index contributed by atoms with van der Waals surface area (Å²) >= 11 is 5.41. The van der Waals surface area contributed by atoms with Gasteiger partial charge in [0.05, 0.1) is 0 Å². The molecule has 1 saturated heterocycles. The number of likely N-dealkylation sites (tertiary alicyclic amines) is 1. The maximum Gasteiger partial charge on any atom is 0.169 e. The number of piperidine rings is 1. The quantitative estimate of drug-likeness (QED) is 0.671. The molecule has 2 fully saturated rings. The fourth-order valence-electron chi connectivity index (χ4n) is 2.09. The zero-order valence-electron chi connectivity index (χ0n) is 9.18. The van der Waals surface area contributed by atoms with Crippen LogP contribution in [0.3, 0.4) is 0 Å². The zero-order valence-corrected chi connectivity index (χ0v) is 9.99. The van der Waals surface area contributed by atoms with Crippen LogP contribution in [0.1, 0.15) is 39.5 Å². The van der Waals surface area contributed by atoms with Crippen molar-refractivity contribution in [1.29, 1.82) is 0 Å². The van der Waals surface area contributed by atoms with Crippen LogP contribution < -0.4 is 5.32 Å². The Kier molecular flexibility index (Phi) is 2.69. The summed E-state index contributed by atoms with van der Waals surface area (Å²) in [6.07, 6.45) is 5.21. The van der Waals surface area contributed by atoms with E-state index in [0.29, 0.717) is 11.5 Å². The highest BCUT2D eigenvalue weighted by molar-refractivity contribution is 7.80. The summed E-state index contributed by atoms with van der Waals surface area (Å²) in [4.78, 5) is 2.34. The summed E-state index contributed by atoms with van der Waals surface area (Å²) in [7, 11) is 0. The molecule has 1 aliphatic carbocycles. The first-order valence-corrected chi connectivity index (χ1v) is 6.03. The lowest BCUT2D eigenvalue weighted by molar-refractivity contribution is 0.177. The minimum atomic E-state index is 0.438. The lowest BCUT2D eigenvalue weighted by Crippen LogP contribution is -2.48. The van der Waals surface area contributed by atoms with E-state index in [1.807, 2.05) is 0 Å². The Labute approximate surface area is 92.0 Å². The van der Waals surface area contributed by atoms with E-state index in [9.17, 15) is 0 Å². The molecule has 0 aromatic heterocycles. The first-order valence-electron chi connectivity index (χ1n) is 5.62. The molecule has 1 saturated carbocycles. The van der Waals surface area contributed by atoms with Crippen molar-refractivity contribution in [3.05, 3.63) is 0 Å². The second kappa shape index (κ2) is 3.69. The van der Waals surface area contributed by atoms with Gasteiger partial charge in [-0.15, -0.1) is 0 Å². The van der Waals surface area contributed by atoms with Crippen LogP contribution in [0.5, 0.6) is 0 Å². The molecule has 0 spiro atoms. The Morgan fingerprint density at radius 3 is 2.71 bits per heavy atom. The molecule has 0 radical (unpaired) electrons. The predicted molar refractivity (Wildman–Crippen MR) is 63.3 cm³/mol. The minimum Gasteiger partial charge on any atom is -0.360 e. The number of nitrogens with one attached hydrogen (secondary N) is 1. The molecule has 0 unspecified atom stereocenters. The van der Waals surface area contributed by atoms with Gasteiger partial charge in [-0.05, 0) is 43.3 Å². The van der Waals surface area contributed by atoms with E-state index in [2.05, 4.69) is 24.1 Å². The van der Waals surface area contributed by atoms with E-state index >= 15 is 0 Å². The Bertz CT molecular complexity index is 233. The van der Waals surface area contributed by atoms with Crippen molar-refractivity contribution in [2.75, 3.05) is 13.1 Å². The lowest BCUT2D eigenvalue weighted by atomic mass is 9.84. The smallest absolute Gasteiger partial charge is 0.169 e. The fraction of sp³-hybridized carbons (Fsp3) is 0.909. The van der Waals surface area contributed by atoms with Gasteiger partial charge in [0.1, 0.15) is 0 Å². The van der Waals surface area contributed by atoms with Crippen LogP contribution >= 0.6 is 12.2 Å². The lowest BCUT2D eigenvalue weighted by Gasteiger charge is -2.39. The SMILES string of the molecule is CC1(C)CCCN(C(=S)NC2CC2)C1. The highest BCUT2D eigenvalue weighted by Crippen LogP contribution is 2.29. The second-order valence-electron chi connectivity index (χ2n) is 5.41. The van der Waals surface area contributed by atoms with Crippen molar-refractivity contribution >= 4 is 17.3 Å². The summed E-state index contributed by atoms with van der Waals surface area (Å²) in [6.45, 7) is 6.92. The normalized spacial score (nSPS) is 26.0. The molecule has 14 heavy (non-hydrogen) atoms. The molecule has 1 N–H and O–H groups in total. The van der Waals surface area contributed by atoms with Crippen LogP contribution in [-0.4, -0.2) is 29.1 Å². The maximum atomic E-state index is 5.41. The van der Waals surface area contributed by atoms with Gasteiger partial charge in [-0.25, -0.2) is 0 Å². The van der Waals surface area contributed by atoms with Crippen molar-refractivity contribution in [2.24, 2.45) is 5.41 Å². The van der Waals surface area contributed by atoms with Crippen LogP contribution in [0.25, 0.3) is 0 Å². The van der Waals surface area contributed by atoms with E-state index in [4.69, 9.17) is 12.2 Å². The number of hydrogen-bond acceptors (Lipinski definition) is 1. The summed E-state index contributed by atoms with van der Waals surface area (Å²) in [5, 5.41) is 4.41. The van der Waals surface area contributed by atoms with Crippen molar-refractivity contribution in [2.45, 2.75) is 45.6 Å². The molecule has 3 heteroatoms. The monoisotopic (exact) mass is 212 g/mol. The van der Waals surface area contributed by atoms with E-state index in [-0.39, 0.29) is 0 Å². The van der Waals surface area contributed by atoms with Crippen LogP contribution in [0.15, 0.2) is 0 Å². The third kappa shape index (κ3) is 2.59. The van der Waals surface area contributed by atoms with Gasteiger partial charge >= 0.3 is 0 Å². The Morgan fingerprint density at radius 2 is 2.14 bits per heavy atom. The molecule has 0 aromatic carbocycles. The Balaban J connectivity index is 1.86. The molecular weight excluding hydrogens is 192 g/mol. The molecular formula is C11H20N2S. The summed E-state index contributed by atoms with van der Waals surface area (Å²) in [6, 6.07) is 0.688. The van der Waals surface area contributed by atoms with Crippen molar-refractivity contribution < 1.29 is 0 Å². The van der Waals surface area contributed by atoms with Gasteiger partial charge in [-0.3, -0.25) is 0 Å². The van der Waals surface area contributed by atoms with Gasteiger partial charge in [-0.2, -0.15) is 0 Å². The summed E-state index contributed by atoms with van der Waals surface area (Å²) in [5.74, 6) is 0. The third-order valence-electron chi connectivity index (χ3n) is 3.09. The highest BCUT2D eigenvalue weighted by atomic mass is 32.1. The predicted octanol–water partition coefficient (Wildman–Crippen LogP) is 2.15. The fourth-order valence-corrected chi connectivity index (χ4v) is 2.41. The van der Waals surface area contributed by atoms with Gasteiger partial charge in [-0.1, -0.05) is 13.8 Å². The first kappa shape index (κ1) is 10.2. The number of rotatable bonds is 1. The molecule has 0 atom stereocenters. The van der Waals surface area contributed by atoms with Gasteiger partial charge in [0.2, 0.25) is 0 Å². The average Bonchev–Trinajstić information content (AvgIpc) is 2.86. The summed E-state index contributed by atoms with van der Waals surface area (Å²) < 4.78 is 0. The van der Waals surface area contributed by atoms with Crippen molar-refractivity contribution in [3.63, 3.8) is 0 Å². The molecule has 0 amide bonds. The van der Waals surface area contributed by atoms with E-state index in [1.54, 1.807) is 0 Å². The van der Waals surface area contributed by atoms with Crippen LogP contribution in [-0.2, 0) is 0 Å². The maximum absolute atomic E-state index is 5.41. The molecule has 2 nitrogen and oxygen atoms in total. The molecule has 80 valence electrons. The standard InChI is InChI=1S/C11H20N2S/c1-11(2)6-3-7-13(8-11)10(14)12-9-4-5-9/h9H,3-8H2,1-2H3,(H,12,14). The van der Waals surface area contributed by atoms with Crippen LogP contribution in [0, 0.1) is 5.41 Å². The average molecular weight is 212 g/mol. The number of hydrogen-bond donors (Lipinski definition) is 1. The van der Waals surface area contributed by atoms with Gasteiger partial charge in [0, 0.05) is 19.1 Å². The number of thiocarbonyl (C=S) groups is 1. The molecule has 2 rings (SSSR count). The molecule has 2 aliphatic rings. The zero-order chi connectivity index (χ0) is 10.2. The van der Waals surface area contributed by atoms with E-state index < -0.39 is 0 Å². The topological polar surface area (TPSA) is 15.3 Å². The molecule has 0 aromatic rings. The van der Waals surface area contributed by atoms with Gasteiger partial charge in [0.25, 0.3) is 0 Å². The third-order valence-corrected chi connectivity index (χ3v) is 3.47. The first-order chi connectivity index (χ1) is 6.57. The van der Waals surface area contributed by atoms with E-state index in [0.717, 1.165) is 18.2 Å². The van der Waals surface area contributed by atoms with Crippen molar-refractivity contribution in [1.82, 2.24) is 10.2 Å². The van der Waals surface area contributed by atoms with Gasteiger partial charge in [0.15, 0.2) is 5.11 Å². The Hall–Kier alpha value is -0.310. The van der Waals surface area contributed by atoms with Crippen LogP contribution in [0.2, 0.25) is 0 Å². The van der Waals surface area contributed by atoms with Gasteiger partial charge < -0.3 is 10.2 Å².